The van der Waals surface area contributed by atoms with E-state index in [0.29, 0.717) is 25.6 Å². The van der Waals surface area contributed by atoms with Crippen LogP contribution in [-0.4, -0.2) is 5.78 Å². The summed E-state index contributed by atoms with van der Waals surface area (Å²) in [7, 11) is 0. The molecule has 0 aromatic heterocycles. The summed E-state index contributed by atoms with van der Waals surface area (Å²) in [5, 5.41) is 0.687. The zero-order chi connectivity index (χ0) is 13.3. The highest BCUT2D eigenvalue weighted by Gasteiger charge is 2.14. The lowest BCUT2D eigenvalue weighted by Gasteiger charge is -2.05. The van der Waals surface area contributed by atoms with E-state index in [2.05, 4.69) is 15.9 Å². The van der Waals surface area contributed by atoms with Gasteiger partial charge >= 0.3 is 0 Å². The Hall–Kier alpha value is -0.900. The van der Waals surface area contributed by atoms with Gasteiger partial charge in [0.15, 0.2) is 5.78 Å². The Balaban J connectivity index is 2.44. The lowest BCUT2D eigenvalue weighted by Crippen LogP contribution is -2.02. The average molecular weight is 348 g/mol. The summed E-state index contributed by atoms with van der Waals surface area (Å²) >= 11 is 14.8. The molecule has 0 unspecified atom stereocenters. The van der Waals surface area contributed by atoms with Gasteiger partial charge in [-0.05, 0) is 52.3 Å². The highest BCUT2D eigenvalue weighted by molar-refractivity contribution is 9.10. The molecule has 18 heavy (non-hydrogen) atoms. The summed E-state index contributed by atoms with van der Waals surface area (Å²) in [5.41, 5.74) is 0.770. The second-order valence-corrected chi connectivity index (χ2v) is 5.25. The molecule has 0 aliphatic carbocycles. The quantitative estimate of drug-likeness (QED) is 0.688. The van der Waals surface area contributed by atoms with Crippen LogP contribution in [0.15, 0.2) is 40.9 Å². The summed E-state index contributed by atoms with van der Waals surface area (Å²) < 4.78 is 13.4. The molecule has 0 aliphatic heterocycles. The topological polar surface area (TPSA) is 17.1 Å². The van der Waals surface area contributed by atoms with Crippen molar-refractivity contribution in [2.24, 2.45) is 0 Å². The van der Waals surface area contributed by atoms with Crippen LogP contribution in [0.25, 0.3) is 0 Å². The average Bonchev–Trinajstić information content (AvgIpc) is 2.32. The van der Waals surface area contributed by atoms with Crippen LogP contribution in [0.2, 0.25) is 10.0 Å². The monoisotopic (exact) mass is 346 g/mol. The van der Waals surface area contributed by atoms with Crippen molar-refractivity contribution in [1.29, 1.82) is 0 Å². The van der Waals surface area contributed by atoms with Crippen molar-refractivity contribution in [3.63, 3.8) is 0 Å². The van der Waals surface area contributed by atoms with Crippen molar-refractivity contribution in [3.05, 3.63) is 67.9 Å². The van der Waals surface area contributed by atoms with Gasteiger partial charge in [-0.15, -0.1) is 0 Å². The molecule has 92 valence electrons. The molecular formula is C13H6BrCl2FO. The van der Waals surface area contributed by atoms with E-state index in [1.807, 2.05) is 0 Å². The molecule has 0 heterocycles. The van der Waals surface area contributed by atoms with E-state index in [9.17, 15) is 9.18 Å². The maximum Gasteiger partial charge on any atom is 0.194 e. The zero-order valence-corrected chi connectivity index (χ0v) is 12.0. The van der Waals surface area contributed by atoms with E-state index >= 15 is 0 Å². The van der Waals surface area contributed by atoms with Crippen LogP contribution in [0.4, 0.5) is 4.39 Å². The van der Waals surface area contributed by atoms with Crippen LogP contribution in [0.1, 0.15) is 15.9 Å². The van der Waals surface area contributed by atoms with Crippen molar-refractivity contribution in [2.45, 2.75) is 0 Å². The lowest BCUT2D eigenvalue weighted by molar-refractivity contribution is 0.103. The van der Waals surface area contributed by atoms with E-state index in [1.54, 1.807) is 12.1 Å². The first kappa shape index (κ1) is 13.5. The number of benzene rings is 2. The van der Waals surface area contributed by atoms with Crippen LogP contribution < -0.4 is 0 Å². The van der Waals surface area contributed by atoms with Gasteiger partial charge in [0.25, 0.3) is 0 Å². The molecule has 2 aromatic rings. The van der Waals surface area contributed by atoms with Crippen molar-refractivity contribution in [1.82, 2.24) is 0 Å². The summed E-state index contributed by atoms with van der Waals surface area (Å²) in [6.45, 7) is 0. The fourth-order valence-corrected chi connectivity index (χ4v) is 2.30. The molecule has 1 nitrogen and oxygen atoms in total. The molecule has 2 aromatic carbocycles. The van der Waals surface area contributed by atoms with Gasteiger partial charge in [0.2, 0.25) is 0 Å². The predicted octanol–water partition coefficient (Wildman–Crippen LogP) is 5.13. The van der Waals surface area contributed by atoms with Crippen LogP contribution >= 0.6 is 39.1 Å². The number of rotatable bonds is 2. The Labute approximate surface area is 122 Å². The largest absolute Gasteiger partial charge is 0.289 e. The van der Waals surface area contributed by atoms with E-state index in [1.165, 1.54) is 24.3 Å². The summed E-state index contributed by atoms with van der Waals surface area (Å²) in [6.07, 6.45) is 0. The molecule has 0 amide bonds. The maximum absolute atomic E-state index is 13.0. The summed E-state index contributed by atoms with van der Waals surface area (Å²) in [5.74, 6) is -0.659. The molecule has 5 heteroatoms. The smallest absolute Gasteiger partial charge is 0.194 e. The molecule has 0 saturated heterocycles. The highest BCUT2D eigenvalue weighted by atomic mass is 79.9. The number of carbonyl (C=O) groups excluding carboxylic acids is 1. The van der Waals surface area contributed by atoms with E-state index in [-0.39, 0.29) is 5.78 Å². The van der Waals surface area contributed by atoms with Crippen LogP contribution in [0.3, 0.4) is 0 Å². The molecule has 2 rings (SSSR count). The van der Waals surface area contributed by atoms with Gasteiger partial charge in [0, 0.05) is 15.6 Å². The third-order valence-electron chi connectivity index (χ3n) is 2.36. The molecule has 0 spiro atoms. The Morgan fingerprint density at radius 3 is 2.39 bits per heavy atom. The fraction of sp³-hybridized carbons (Fsp3) is 0. The van der Waals surface area contributed by atoms with Gasteiger partial charge in [0.05, 0.1) is 10.0 Å². The minimum Gasteiger partial charge on any atom is -0.289 e. The van der Waals surface area contributed by atoms with Crippen LogP contribution in [-0.2, 0) is 0 Å². The number of carbonyl (C=O) groups is 1. The first-order valence-electron chi connectivity index (χ1n) is 4.94. The lowest BCUT2D eigenvalue weighted by atomic mass is 10.0. The van der Waals surface area contributed by atoms with Crippen LogP contribution in [0.5, 0.6) is 0 Å². The maximum atomic E-state index is 13.0. The third-order valence-corrected chi connectivity index (χ3v) is 3.75. The number of halogens is 4. The van der Waals surface area contributed by atoms with Crippen molar-refractivity contribution in [2.75, 3.05) is 0 Å². The van der Waals surface area contributed by atoms with Gasteiger partial charge in [-0.2, -0.15) is 0 Å². The summed E-state index contributed by atoms with van der Waals surface area (Å²) in [6, 6.07) is 8.51. The standard InChI is InChI=1S/C13H6BrCl2FO/c14-10-6-8(17)2-3-9(10)13(18)7-1-4-11(15)12(16)5-7/h1-6H. The Kier molecular flexibility index (Phi) is 4.05. The zero-order valence-electron chi connectivity index (χ0n) is 8.88. The number of ketones is 1. The summed E-state index contributed by atoms with van der Waals surface area (Å²) in [4.78, 5) is 12.2. The van der Waals surface area contributed by atoms with E-state index in [4.69, 9.17) is 23.2 Å². The van der Waals surface area contributed by atoms with Gasteiger partial charge in [0.1, 0.15) is 5.82 Å². The Morgan fingerprint density at radius 2 is 1.78 bits per heavy atom. The number of hydrogen-bond acceptors (Lipinski definition) is 1. The first-order valence-corrected chi connectivity index (χ1v) is 6.49. The SMILES string of the molecule is O=C(c1ccc(Cl)c(Cl)c1)c1ccc(F)cc1Br. The van der Waals surface area contributed by atoms with E-state index < -0.39 is 5.82 Å². The molecule has 0 atom stereocenters. The molecule has 0 saturated carbocycles. The second kappa shape index (κ2) is 5.39. The predicted molar refractivity (Wildman–Crippen MR) is 74.0 cm³/mol. The van der Waals surface area contributed by atoms with Gasteiger partial charge in [-0.25, -0.2) is 4.39 Å². The fourth-order valence-electron chi connectivity index (χ4n) is 1.47. The Morgan fingerprint density at radius 1 is 1.06 bits per heavy atom. The molecular weight excluding hydrogens is 342 g/mol. The highest BCUT2D eigenvalue weighted by Crippen LogP contribution is 2.26. The van der Waals surface area contributed by atoms with Gasteiger partial charge in [-0.3, -0.25) is 4.79 Å². The molecule has 0 aliphatic rings. The van der Waals surface area contributed by atoms with Crippen molar-refractivity contribution < 1.29 is 9.18 Å². The van der Waals surface area contributed by atoms with Gasteiger partial charge < -0.3 is 0 Å². The third kappa shape index (κ3) is 2.74. The van der Waals surface area contributed by atoms with Crippen molar-refractivity contribution >= 4 is 44.9 Å². The number of hydrogen-bond donors (Lipinski definition) is 0. The second-order valence-electron chi connectivity index (χ2n) is 3.58. The minimum absolute atomic E-state index is 0.250. The minimum atomic E-state index is -0.410. The normalized spacial score (nSPS) is 10.4. The van der Waals surface area contributed by atoms with Crippen molar-refractivity contribution in [3.8, 4) is 0 Å². The van der Waals surface area contributed by atoms with Gasteiger partial charge in [-0.1, -0.05) is 23.2 Å². The molecule has 0 N–H and O–H groups in total. The van der Waals surface area contributed by atoms with E-state index in [0.717, 1.165) is 0 Å². The van der Waals surface area contributed by atoms with Crippen LogP contribution in [0, 0.1) is 5.82 Å². The Bertz CT molecular complexity index is 628. The molecule has 0 fully saturated rings. The first-order chi connectivity index (χ1) is 8.49. The molecule has 0 bridgehead atoms. The molecule has 0 radical (unpaired) electrons.